The molecule has 1 aromatic rings. The van der Waals surface area contributed by atoms with Crippen LogP contribution in [-0.2, 0) is 4.79 Å². The number of nitrogens with two attached hydrogens (primary N) is 2. The maximum atomic E-state index is 11.4. The number of hydrogen-bond donors (Lipinski definition) is 2. The summed E-state index contributed by atoms with van der Waals surface area (Å²) in [5.41, 5.74) is 10.7. The van der Waals surface area contributed by atoms with Crippen LogP contribution in [0.5, 0.6) is 5.75 Å². The van der Waals surface area contributed by atoms with E-state index in [0.717, 1.165) is 18.4 Å². The van der Waals surface area contributed by atoms with Gasteiger partial charge >= 0.3 is 0 Å². The van der Waals surface area contributed by atoms with Crippen molar-refractivity contribution in [2.24, 2.45) is 17.4 Å². The molecule has 1 amide bonds. The molecule has 1 aliphatic carbocycles. The largest absolute Gasteiger partial charge is 0.463 e. The zero-order chi connectivity index (χ0) is 12.6. The fraction of sp³-hybridized carbons (Fsp3) is 0.417. The second-order valence-electron chi connectivity index (χ2n) is 4.44. The Morgan fingerprint density at radius 2 is 2.18 bits per heavy atom. The van der Waals surface area contributed by atoms with Crippen LogP contribution in [0.25, 0.3) is 0 Å². The van der Waals surface area contributed by atoms with Crippen molar-refractivity contribution in [2.45, 2.75) is 25.5 Å². The summed E-state index contributed by atoms with van der Waals surface area (Å²) in [6.45, 7) is 1.84. The van der Waals surface area contributed by atoms with E-state index >= 15 is 0 Å². The summed E-state index contributed by atoms with van der Waals surface area (Å²) < 4.78 is 5.62. The molecule has 1 saturated carbocycles. The third-order valence-electron chi connectivity index (χ3n) is 2.98. The molecule has 4 N–H and O–H groups in total. The van der Waals surface area contributed by atoms with Gasteiger partial charge in [-0.3, -0.25) is 10.5 Å². The fourth-order valence-corrected chi connectivity index (χ4v) is 1.98. The van der Waals surface area contributed by atoms with Gasteiger partial charge in [0.25, 0.3) is 5.91 Å². The van der Waals surface area contributed by atoms with E-state index in [9.17, 15) is 4.79 Å². The number of primary amides is 1. The predicted molar refractivity (Wildman–Crippen MR) is 65.7 cm³/mol. The van der Waals surface area contributed by atoms with Crippen LogP contribution in [0, 0.1) is 12.8 Å². The van der Waals surface area contributed by atoms with E-state index in [1.807, 2.05) is 6.92 Å². The van der Waals surface area contributed by atoms with Gasteiger partial charge in [-0.2, -0.15) is 0 Å². The lowest BCUT2D eigenvalue weighted by Gasteiger charge is -2.27. The number of ether oxygens (including phenoxy) is 1. The van der Waals surface area contributed by atoms with E-state index in [1.165, 1.54) is 0 Å². The number of amides is 1. The maximum Gasteiger partial charge on any atom is 0.277 e. The van der Waals surface area contributed by atoms with Gasteiger partial charge in [0.1, 0.15) is 5.75 Å². The molecule has 4 nitrogen and oxygen atoms in total. The van der Waals surface area contributed by atoms with Crippen LogP contribution >= 0.6 is 11.6 Å². The molecule has 0 saturated heterocycles. The lowest BCUT2D eigenvalue weighted by atomic mass is 10.1. The van der Waals surface area contributed by atoms with Crippen LogP contribution in [0.2, 0.25) is 5.02 Å². The van der Waals surface area contributed by atoms with Gasteiger partial charge in [0.05, 0.1) is 0 Å². The summed E-state index contributed by atoms with van der Waals surface area (Å²) in [6, 6.07) is 5.15. The van der Waals surface area contributed by atoms with Crippen LogP contribution in [0.3, 0.4) is 0 Å². The Labute approximate surface area is 105 Å². The molecule has 5 heteroatoms. The monoisotopic (exact) mass is 254 g/mol. The van der Waals surface area contributed by atoms with Gasteiger partial charge < -0.3 is 10.5 Å². The van der Waals surface area contributed by atoms with Crippen LogP contribution < -0.4 is 16.2 Å². The number of rotatable bonds is 4. The van der Waals surface area contributed by atoms with E-state index in [-0.39, 0.29) is 5.92 Å². The summed E-state index contributed by atoms with van der Waals surface area (Å²) in [5, 5.41) is 0.614. The van der Waals surface area contributed by atoms with Crippen molar-refractivity contribution >= 4 is 17.5 Å². The Balaban J connectivity index is 2.26. The average molecular weight is 255 g/mol. The predicted octanol–water partition coefficient (Wildman–Crippen LogP) is 1.58. The summed E-state index contributed by atoms with van der Waals surface area (Å²) >= 11 is 5.85. The highest BCUT2D eigenvalue weighted by atomic mass is 35.5. The lowest BCUT2D eigenvalue weighted by Crippen LogP contribution is -2.58. The zero-order valence-corrected chi connectivity index (χ0v) is 10.3. The average Bonchev–Trinajstić information content (AvgIpc) is 3.05. The van der Waals surface area contributed by atoms with Crippen LogP contribution in [0.15, 0.2) is 18.2 Å². The normalized spacial score (nSPS) is 18.5. The Bertz CT molecular complexity index is 460. The minimum absolute atomic E-state index is 0.00933. The Hall–Kier alpha value is -1.26. The van der Waals surface area contributed by atoms with Gasteiger partial charge in [0.15, 0.2) is 0 Å². The first-order valence-electron chi connectivity index (χ1n) is 5.47. The van der Waals surface area contributed by atoms with Crippen molar-refractivity contribution in [3.05, 3.63) is 28.8 Å². The van der Waals surface area contributed by atoms with Crippen molar-refractivity contribution in [2.75, 3.05) is 0 Å². The van der Waals surface area contributed by atoms with Crippen LogP contribution in [0.4, 0.5) is 0 Å². The summed E-state index contributed by atoms with van der Waals surface area (Å²) in [4.78, 5) is 11.4. The van der Waals surface area contributed by atoms with Crippen LogP contribution in [0.1, 0.15) is 18.4 Å². The molecular weight excluding hydrogens is 240 g/mol. The maximum absolute atomic E-state index is 11.4. The van der Waals surface area contributed by atoms with E-state index in [4.69, 9.17) is 27.8 Å². The molecule has 0 heterocycles. The summed E-state index contributed by atoms with van der Waals surface area (Å²) in [6.07, 6.45) is 1.73. The molecule has 0 bridgehead atoms. The number of carbonyl (C=O) groups is 1. The second-order valence-corrected chi connectivity index (χ2v) is 4.88. The molecule has 92 valence electrons. The van der Waals surface area contributed by atoms with Gasteiger partial charge in [-0.25, -0.2) is 0 Å². The minimum atomic E-state index is -1.40. The Kier molecular flexibility index (Phi) is 3.02. The van der Waals surface area contributed by atoms with Gasteiger partial charge in [-0.05, 0) is 43.5 Å². The van der Waals surface area contributed by atoms with Crippen LogP contribution in [-0.4, -0.2) is 11.6 Å². The van der Waals surface area contributed by atoms with Crippen molar-refractivity contribution in [1.29, 1.82) is 0 Å². The number of halogens is 1. The molecule has 1 atom stereocenters. The number of benzene rings is 1. The molecule has 1 aliphatic rings. The number of aryl methyl sites for hydroxylation is 1. The molecule has 0 aromatic heterocycles. The quantitative estimate of drug-likeness (QED) is 0.801. The van der Waals surface area contributed by atoms with E-state index in [0.29, 0.717) is 10.8 Å². The second kappa shape index (κ2) is 4.20. The molecular formula is C12H15ClN2O2. The van der Waals surface area contributed by atoms with Crippen molar-refractivity contribution < 1.29 is 9.53 Å². The number of carbonyl (C=O) groups excluding carboxylic acids is 1. The first kappa shape index (κ1) is 12.2. The van der Waals surface area contributed by atoms with Gasteiger partial charge in [-0.15, -0.1) is 0 Å². The molecule has 2 rings (SSSR count). The smallest absolute Gasteiger partial charge is 0.277 e. The van der Waals surface area contributed by atoms with E-state index < -0.39 is 11.6 Å². The summed E-state index contributed by atoms with van der Waals surface area (Å²) in [7, 11) is 0. The third kappa shape index (κ3) is 2.37. The Morgan fingerprint density at radius 1 is 1.53 bits per heavy atom. The molecule has 1 aromatic carbocycles. The topological polar surface area (TPSA) is 78.3 Å². The first-order chi connectivity index (χ1) is 7.93. The molecule has 0 radical (unpaired) electrons. The SMILES string of the molecule is Cc1cc(Cl)ccc1OC(N)(C(N)=O)C1CC1. The van der Waals surface area contributed by atoms with Gasteiger partial charge in [0.2, 0.25) is 5.72 Å². The highest BCUT2D eigenvalue weighted by Gasteiger charge is 2.49. The lowest BCUT2D eigenvalue weighted by molar-refractivity contribution is -0.135. The molecule has 0 spiro atoms. The van der Waals surface area contributed by atoms with E-state index in [2.05, 4.69) is 0 Å². The van der Waals surface area contributed by atoms with Gasteiger partial charge in [-0.1, -0.05) is 11.6 Å². The highest BCUT2D eigenvalue weighted by Crippen LogP contribution is 2.40. The molecule has 17 heavy (non-hydrogen) atoms. The van der Waals surface area contributed by atoms with Gasteiger partial charge in [0, 0.05) is 10.9 Å². The molecule has 0 aliphatic heterocycles. The Morgan fingerprint density at radius 3 is 2.65 bits per heavy atom. The molecule has 1 fully saturated rings. The zero-order valence-electron chi connectivity index (χ0n) is 9.57. The third-order valence-corrected chi connectivity index (χ3v) is 3.22. The van der Waals surface area contributed by atoms with E-state index in [1.54, 1.807) is 18.2 Å². The van der Waals surface area contributed by atoms with Crippen molar-refractivity contribution in [1.82, 2.24) is 0 Å². The first-order valence-corrected chi connectivity index (χ1v) is 5.85. The standard InChI is InChI=1S/C12H15ClN2O2/c1-7-6-9(13)4-5-10(7)17-12(15,11(14)16)8-2-3-8/h4-6,8H,2-3,15H2,1H3,(H2,14,16). The number of hydrogen-bond acceptors (Lipinski definition) is 3. The fourth-order valence-electron chi connectivity index (χ4n) is 1.76. The highest BCUT2D eigenvalue weighted by molar-refractivity contribution is 6.30. The molecule has 1 unspecified atom stereocenters. The minimum Gasteiger partial charge on any atom is -0.463 e. The summed E-state index contributed by atoms with van der Waals surface area (Å²) in [5.74, 6) is -0.0768. The van der Waals surface area contributed by atoms with Crippen molar-refractivity contribution in [3.63, 3.8) is 0 Å². The van der Waals surface area contributed by atoms with Crippen molar-refractivity contribution in [3.8, 4) is 5.75 Å².